The summed E-state index contributed by atoms with van der Waals surface area (Å²) in [7, 11) is 1.61. The quantitative estimate of drug-likeness (QED) is 0.576. The molecule has 152 valence electrons. The summed E-state index contributed by atoms with van der Waals surface area (Å²) in [6.07, 6.45) is 0.478. The molecule has 3 aromatic rings. The smallest absolute Gasteiger partial charge is 0.227 e. The summed E-state index contributed by atoms with van der Waals surface area (Å²) in [6, 6.07) is 11.6. The average Bonchev–Trinajstić information content (AvgIpc) is 3.18. The van der Waals surface area contributed by atoms with E-state index >= 15 is 0 Å². The Kier molecular flexibility index (Phi) is 6.36. The molecule has 0 N–H and O–H groups in total. The van der Waals surface area contributed by atoms with E-state index in [4.69, 9.17) is 4.52 Å². The zero-order valence-electron chi connectivity index (χ0n) is 16.7. The molecule has 0 aliphatic carbocycles. The van der Waals surface area contributed by atoms with E-state index in [0.717, 1.165) is 17.7 Å². The molecule has 0 spiro atoms. The van der Waals surface area contributed by atoms with Crippen LogP contribution in [-0.2, 0) is 17.8 Å². The van der Waals surface area contributed by atoms with E-state index < -0.39 is 11.6 Å². The van der Waals surface area contributed by atoms with Gasteiger partial charge in [-0.05, 0) is 29.2 Å². The van der Waals surface area contributed by atoms with E-state index in [0.29, 0.717) is 29.6 Å². The van der Waals surface area contributed by atoms with Gasteiger partial charge in [0.25, 0.3) is 0 Å². The minimum absolute atomic E-state index is 0.157. The molecule has 0 saturated heterocycles. The molecular formula is C22H23F2N3O2. The zero-order chi connectivity index (χ0) is 21.0. The van der Waals surface area contributed by atoms with Crippen molar-refractivity contribution < 1.29 is 18.1 Å². The molecule has 0 aliphatic heterocycles. The molecular weight excluding hydrogens is 376 g/mol. The highest BCUT2D eigenvalue weighted by Crippen LogP contribution is 2.21. The first kappa shape index (κ1) is 20.6. The highest BCUT2D eigenvalue weighted by atomic mass is 19.2. The van der Waals surface area contributed by atoms with Gasteiger partial charge in [0, 0.05) is 32.0 Å². The fourth-order valence-corrected chi connectivity index (χ4v) is 2.90. The van der Waals surface area contributed by atoms with Crippen molar-refractivity contribution in [3.05, 3.63) is 71.1 Å². The minimum Gasteiger partial charge on any atom is -0.341 e. The summed E-state index contributed by atoms with van der Waals surface area (Å²) in [5.74, 6) is -0.688. The third kappa shape index (κ3) is 5.25. The maximum Gasteiger partial charge on any atom is 0.227 e. The molecule has 7 heteroatoms. The van der Waals surface area contributed by atoms with Crippen molar-refractivity contribution in [3.63, 3.8) is 0 Å². The lowest BCUT2D eigenvalue weighted by Crippen LogP contribution is -2.26. The molecule has 0 radical (unpaired) electrons. The number of aromatic nitrogens is 2. The fraction of sp³-hybridized carbons (Fsp3) is 0.318. The topological polar surface area (TPSA) is 59.2 Å². The Labute approximate surface area is 168 Å². The predicted octanol–water partition coefficient (Wildman–Crippen LogP) is 4.73. The molecule has 0 aliphatic rings. The van der Waals surface area contributed by atoms with Crippen LogP contribution in [0.2, 0.25) is 0 Å². The van der Waals surface area contributed by atoms with E-state index in [-0.39, 0.29) is 18.9 Å². The first-order valence-corrected chi connectivity index (χ1v) is 9.44. The van der Waals surface area contributed by atoms with Gasteiger partial charge in [0.1, 0.15) is 0 Å². The van der Waals surface area contributed by atoms with Crippen molar-refractivity contribution in [1.29, 1.82) is 0 Å². The van der Waals surface area contributed by atoms with Crippen LogP contribution in [0.4, 0.5) is 8.78 Å². The van der Waals surface area contributed by atoms with Crippen LogP contribution in [0.1, 0.15) is 43.2 Å². The normalized spacial score (nSPS) is 11.1. The minimum atomic E-state index is -0.928. The van der Waals surface area contributed by atoms with Crippen LogP contribution in [0.5, 0.6) is 0 Å². The van der Waals surface area contributed by atoms with Gasteiger partial charge >= 0.3 is 0 Å². The molecule has 0 unspecified atom stereocenters. The third-order valence-electron chi connectivity index (χ3n) is 4.69. The van der Waals surface area contributed by atoms with Crippen molar-refractivity contribution >= 4 is 5.91 Å². The number of nitrogens with zero attached hydrogens (tertiary/aromatic N) is 3. The lowest BCUT2D eigenvalue weighted by Gasteiger charge is -2.17. The van der Waals surface area contributed by atoms with Gasteiger partial charge in [0.15, 0.2) is 11.6 Å². The van der Waals surface area contributed by atoms with Crippen LogP contribution in [0.25, 0.3) is 11.4 Å². The lowest BCUT2D eigenvalue weighted by molar-refractivity contribution is -0.130. The molecule has 1 heterocycles. The first-order valence-electron chi connectivity index (χ1n) is 9.44. The maximum atomic E-state index is 13.3. The van der Waals surface area contributed by atoms with Crippen molar-refractivity contribution in [2.24, 2.45) is 0 Å². The number of rotatable bonds is 7. The molecule has 2 aromatic carbocycles. The Balaban J connectivity index is 1.55. The van der Waals surface area contributed by atoms with Gasteiger partial charge in [-0.15, -0.1) is 0 Å². The molecule has 3 rings (SSSR count). The molecule has 1 aromatic heterocycles. The first-order chi connectivity index (χ1) is 13.8. The number of hydrogen-bond acceptors (Lipinski definition) is 4. The SMILES string of the molecule is CC(C)c1ccc(-c2noc(CCC(=O)N(C)Cc3ccc(F)c(F)c3)n2)cc1. The molecule has 29 heavy (non-hydrogen) atoms. The predicted molar refractivity (Wildman–Crippen MR) is 105 cm³/mol. The summed E-state index contributed by atoms with van der Waals surface area (Å²) in [5.41, 5.74) is 2.60. The second kappa shape index (κ2) is 8.94. The molecule has 0 saturated carbocycles. The van der Waals surface area contributed by atoms with Crippen LogP contribution < -0.4 is 0 Å². The number of hydrogen-bond donors (Lipinski definition) is 0. The van der Waals surface area contributed by atoms with Gasteiger partial charge < -0.3 is 9.42 Å². The Morgan fingerprint density at radius 3 is 2.48 bits per heavy atom. The van der Waals surface area contributed by atoms with E-state index in [9.17, 15) is 13.6 Å². The van der Waals surface area contributed by atoms with Crippen LogP contribution in [-0.4, -0.2) is 28.0 Å². The molecule has 1 amide bonds. The van der Waals surface area contributed by atoms with Crippen LogP contribution in [0.3, 0.4) is 0 Å². The van der Waals surface area contributed by atoms with Gasteiger partial charge in [-0.25, -0.2) is 8.78 Å². The van der Waals surface area contributed by atoms with Gasteiger partial charge in [0.2, 0.25) is 17.6 Å². The monoisotopic (exact) mass is 399 g/mol. The zero-order valence-corrected chi connectivity index (χ0v) is 16.7. The molecule has 5 nitrogen and oxygen atoms in total. The average molecular weight is 399 g/mol. The molecule has 0 bridgehead atoms. The van der Waals surface area contributed by atoms with Crippen molar-refractivity contribution in [2.75, 3.05) is 7.05 Å². The van der Waals surface area contributed by atoms with Crippen LogP contribution in [0, 0.1) is 11.6 Å². The summed E-state index contributed by atoms with van der Waals surface area (Å²) < 4.78 is 31.6. The summed E-state index contributed by atoms with van der Waals surface area (Å²) >= 11 is 0. The Morgan fingerprint density at radius 2 is 1.83 bits per heavy atom. The van der Waals surface area contributed by atoms with E-state index in [1.54, 1.807) is 7.05 Å². The number of benzene rings is 2. The van der Waals surface area contributed by atoms with Crippen molar-refractivity contribution in [3.8, 4) is 11.4 Å². The van der Waals surface area contributed by atoms with Gasteiger partial charge in [-0.3, -0.25) is 4.79 Å². The Morgan fingerprint density at radius 1 is 1.10 bits per heavy atom. The number of halogens is 2. The number of amides is 1. The van der Waals surface area contributed by atoms with E-state index in [2.05, 4.69) is 24.0 Å². The second-order valence-corrected chi connectivity index (χ2v) is 7.29. The highest BCUT2D eigenvalue weighted by Gasteiger charge is 2.14. The molecule has 0 fully saturated rings. The largest absolute Gasteiger partial charge is 0.341 e. The summed E-state index contributed by atoms with van der Waals surface area (Å²) in [5, 5.41) is 3.98. The lowest BCUT2D eigenvalue weighted by atomic mass is 10.0. The third-order valence-corrected chi connectivity index (χ3v) is 4.69. The van der Waals surface area contributed by atoms with E-state index in [1.807, 2.05) is 24.3 Å². The number of carbonyl (C=O) groups excluding carboxylic acids is 1. The maximum absolute atomic E-state index is 13.3. The Bertz CT molecular complexity index is 984. The van der Waals surface area contributed by atoms with Crippen molar-refractivity contribution in [2.45, 2.75) is 39.2 Å². The standard InChI is InChI=1S/C22H23F2N3O2/c1-14(2)16-5-7-17(8-6-16)22-25-20(29-26-22)10-11-21(28)27(3)13-15-4-9-18(23)19(24)12-15/h4-9,12,14H,10-11,13H2,1-3H3. The van der Waals surface area contributed by atoms with Gasteiger partial charge in [-0.1, -0.05) is 49.3 Å². The van der Waals surface area contributed by atoms with Gasteiger partial charge in [0.05, 0.1) is 0 Å². The fourth-order valence-electron chi connectivity index (χ4n) is 2.90. The van der Waals surface area contributed by atoms with Gasteiger partial charge in [-0.2, -0.15) is 4.98 Å². The van der Waals surface area contributed by atoms with E-state index in [1.165, 1.54) is 16.5 Å². The van der Waals surface area contributed by atoms with Crippen LogP contribution in [0.15, 0.2) is 47.0 Å². The molecule has 0 atom stereocenters. The number of carbonyl (C=O) groups is 1. The number of aryl methyl sites for hydroxylation is 1. The highest BCUT2D eigenvalue weighted by molar-refractivity contribution is 5.76. The van der Waals surface area contributed by atoms with Crippen molar-refractivity contribution in [1.82, 2.24) is 15.0 Å². The Hall–Kier alpha value is -3.09. The summed E-state index contributed by atoms with van der Waals surface area (Å²) in [6.45, 7) is 4.44. The summed E-state index contributed by atoms with van der Waals surface area (Å²) in [4.78, 5) is 18.1. The van der Waals surface area contributed by atoms with Crippen LogP contribution >= 0.6 is 0 Å². The second-order valence-electron chi connectivity index (χ2n) is 7.29.